The van der Waals surface area contributed by atoms with Crippen molar-refractivity contribution in [2.45, 2.75) is 0 Å². The highest BCUT2D eigenvalue weighted by molar-refractivity contribution is 6.02. The van der Waals surface area contributed by atoms with E-state index in [2.05, 4.69) is 75.4 Å². The van der Waals surface area contributed by atoms with Crippen LogP contribution < -0.4 is 9.80 Å². The van der Waals surface area contributed by atoms with Gasteiger partial charge in [0.25, 0.3) is 0 Å². The van der Waals surface area contributed by atoms with Gasteiger partial charge in [0.2, 0.25) is 0 Å². The summed E-state index contributed by atoms with van der Waals surface area (Å²) < 4.78 is 0. The van der Waals surface area contributed by atoms with E-state index in [0.29, 0.717) is 11.4 Å². The summed E-state index contributed by atoms with van der Waals surface area (Å²) in [6.45, 7) is 0. The van der Waals surface area contributed by atoms with Crippen molar-refractivity contribution in [2.75, 3.05) is 38.0 Å². The molecule has 1 heterocycles. The summed E-state index contributed by atoms with van der Waals surface area (Å²) >= 11 is 0. The molecule has 0 fully saturated rings. The van der Waals surface area contributed by atoms with Crippen LogP contribution in [-0.2, 0) is 4.79 Å². The normalized spacial score (nSPS) is 11.3. The summed E-state index contributed by atoms with van der Waals surface area (Å²) in [6.07, 6.45) is 1.36. The average molecular weight is 528 g/mol. The summed E-state index contributed by atoms with van der Waals surface area (Å²) in [5.74, 6) is -0.550. The van der Waals surface area contributed by atoms with Crippen LogP contribution in [0.15, 0.2) is 90.5 Å². The first kappa shape index (κ1) is 26.3. The Hall–Kier alpha value is -5.35. The molecule has 40 heavy (non-hydrogen) atoms. The number of aromatic nitrogens is 2. The number of fused-ring (bicyclic) bond motifs is 1. The second kappa shape index (κ2) is 10.8. The number of imidazole rings is 1. The molecule has 5 rings (SSSR count). The third-order valence-corrected chi connectivity index (χ3v) is 6.84. The van der Waals surface area contributed by atoms with E-state index in [1.807, 2.05) is 40.3 Å². The van der Waals surface area contributed by atoms with E-state index < -0.39 is 5.97 Å². The molecule has 2 N–H and O–H groups in total. The predicted octanol–water partition coefficient (Wildman–Crippen LogP) is 6.69. The molecule has 0 radical (unpaired) electrons. The van der Waals surface area contributed by atoms with Crippen LogP contribution in [-0.4, -0.2) is 49.2 Å². The smallest absolute Gasteiger partial charge is 0.346 e. The van der Waals surface area contributed by atoms with Crippen molar-refractivity contribution in [1.82, 2.24) is 9.97 Å². The fraction of sp³-hybridized carbons (Fsp3) is 0.121. The molecule has 0 atom stereocenters. The van der Waals surface area contributed by atoms with Crippen molar-refractivity contribution in [3.63, 3.8) is 0 Å². The largest absolute Gasteiger partial charge is 0.477 e. The number of H-pyrrole nitrogens is 1. The van der Waals surface area contributed by atoms with Gasteiger partial charge in [0, 0.05) is 56.3 Å². The first-order chi connectivity index (χ1) is 19.2. The van der Waals surface area contributed by atoms with Crippen molar-refractivity contribution < 1.29 is 9.90 Å². The Balaban J connectivity index is 1.68. The molecule has 0 amide bonds. The molecular weight excluding hydrogens is 498 g/mol. The maximum atomic E-state index is 11.2. The molecule has 4 aromatic carbocycles. The molecule has 0 bridgehead atoms. The van der Waals surface area contributed by atoms with Crippen molar-refractivity contribution in [3.8, 4) is 39.7 Å². The molecular formula is C33H29N5O2. The molecule has 0 aliphatic carbocycles. The first-order valence-electron chi connectivity index (χ1n) is 12.8. The Morgan fingerprint density at radius 3 is 1.95 bits per heavy atom. The van der Waals surface area contributed by atoms with E-state index in [4.69, 9.17) is 10.2 Å². The Morgan fingerprint density at radius 1 is 0.825 bits per heavy atom. The van der Waals surface area contributed by atoms with E-state index in [1.54, 1.807) is 18.2 Å². The fourth-order valence-corrected chi connectivity index (χ4v) is 4.65. The molecule has 7 heteroatoms. The van der Waals surface area contributed by atoms with Gasteiger partial charge in [0.05, 0.1) is 11.0 Å². The highest BCUT2D eigenvalue weighted by Gasteiger charge is 2.16. The van der Waals surface area contributed by atoms with Gasteiger partial charge in [-0.1, -0.05) is 60.7 Å². The zero-order valence-corrected chi connectivity index (χ0v) is 22.8. The number of nitriles is 1. The van der Waals surface area contributed by atoms with Crippen LogP contribution in [0.4, 0.5) is 11.4 Å². The Bertz CT molecular complexity index is 1700. The monoisotopic (exact) mass is 527 g/mol. The van der Waals surface area contributed by atoms with Crippen LogP contribution in [0.2, 0.25) is 0 Å². The number of nitrogens with one attached hydrogen (secondary N) is 1. The molecule has 1 aromatic heterocycles. The number of hydrogen-bond acceptors (Lipinski definition) is 5. The van der Waals surface area contributed by atoms with Crippen LogP contribution in [0, 0.1) is 11.3 Å². The van der Waals surface area contributed by atoms with Crippen molar-refractivity contribution in [3.05, 3.63) is 96.1 Å². The number of anilines is 2. The minimum absolute atomic E-state index is 0.314. The quantitative estimate of drug-likeness (QED) is 0.181. The zero-order valence-electron chi connectivity index (χ0n) is 22.8. The number of carboxylic acids is 1. The van der Waals surface area contributed by atoms with Gasteiger partial charge >= 0.3 is 5.97 Å². The molecule has 7 nitrogen and oxygen atoms in total. The molecule has 0 saturated heterocycles. The van der Waals surface area contributed by atoms with Crippen LogP contribution in [0.25, 0.3) is 50.8 Å². The molecule has 0 spiro atoms. The number of aliphatic carboxylic acids is 1. The van der Waals surface area contributed by atoms with Gasteiger partial charge < -0.3 is 19.9 Å². The second-order valence-electron chi connectivity index (χ2n) is 9.96. The Kier molecular flexibility index (Phi) is 7.09. The summed E-state index contributed by atoms with van der Waals surface area (Å²) in [4.78, 5) is 24.0. The van der Waals surface area contributed by atoms with Crippen molar-refractivity contribution in [1.29, 1.82) is 5.26 Å². The maximum Gasteiger partial charge on any atom is 0.346 e. The number of carbonyl (C=O) groups is 1. The molecule has 0 aliphatic heterocycles. The van der Waals surface area contributed by atoms with Gasteiger partial charge in [-0.25, -0.2) is 9.78 Å². The van der Waals surface area contributed by atoms with E-state index in [1.165, 1.54) is 6.08 Å². The zero-order chi connectivity index (χ0) is 28.4. The van der Waals surface area contributed by atoms with Gasteiger partial charge in [-0.3, -0.25) is 0 Å². The third-order valence-electron chi connectivity index (χ3n) is 6.84. The summed E-state index contributed by atoms with van der Waals surface area (Å²) in [6, 6.07) is 30.1. The van der Waals surface area contributed by atoms with E-state index in [-0.39, 0.29) is 5.57 Å². The second-order valence-corrected chi connectivity index (χ2v) is 9.96. The SMILES string of the molecule is CN(C)c1cccc(-c2ccc(-c3cccc(N(C)C)c3)c3[nH]c(-c4ccc(/C=C(/C#N)C(=O)O)cc4)nc23)c1. The van der Waals surface area contributed by atoms with E-state index >= 15 is 0 Å². The van der Waals surface area contributed by atoms with Gasteiger partial charge in [-0.2, -0.15) is 5.26 Å². The van der Waals surface area contributed by atoms with Gasteiger partial charge in [-0.15, -0.1) is 0 Å². The minimum Gasteiger partial charge on any atom is -0.477 e. The number of benzene rings is 4. The molecule has 0 aliphatic rings. The number of nitrogens with zero attached hydrogens (tertiary/aromatic N) is 4. The summed E-state index contributed by atoms with van der Waals surface area (Å²) in [5, 5.41) is 18.3. The van der Waals surface area contributed by atoms with Crippen LogP contribution in [0.5, 0.6) is 0 Å². The fourth-order valence-electron chi connectivity index (χ4n) is 4.65. The predicted molar refractivity (Wildman–Crippen MR) is 162 cm³/mol. The van der Waals surface area contributed by atoms with Crippen molar-refractivity contribution in [2.24, 2.45) is 0 Å². The first-order valence-corrected chi connectivity index (χ1v) is 12.8. The van der Waals surface area contributed by atoms with Gasteiger partial charge in [0.15, 0.2) is 0 Å². The third kappa shape index (κ3) is 5.16. The van der Waals surface area contributed by atoms with Crippen LogP contribution >= 0.6 is 0 Å². The Morgan fingerprint density at radius 2 is 1.40 bits per heavy atom. The highest BCUT2D eigenvalue weighted by atomic mass is 16.4. The average Bonchev–Trinajstić information content (AvgIpc) is 3.41. The van der Waals surface area contributed by atoms with Crippen LogP contribution in [0.3, 0.4) is 0 Å². The van der Waals surface area contributed by atoms with Crippen LogP contribution in [0.1, 0.15) is 5.56 Å². The standard InChI is InChI=1S/C33H29N5O2/c1-37(2)26-9-5-7-23(18-26)28-15-16-29(24-8-6-10-27(19-24)38(3)4)31-30(28)35-32(36-31)22-13-11-21(12-14-22)17-25(20-34)33(39)40/h5-19H,1-4H3,(H,35,36)(H,39,40)/b25-17-. The lowest BCUT2D eigenvalue weighted by Gasteiger charge is -2.15. The number of rotatable bonds is 7. The lowest BCUT2D eigenvalue weighted by Crippen LogP contribution is -2.08. The number of carboxylic acid groups (broad SMARTS) is 1. The molecule has 0 saturated carbocycles. The molecule has 198 valence electrons. The lowest BCUT2D eigenvalue weighted by molar-refractivity contribution is -0.132. The summed E-state index contributed by atoms with van der Waals surface area (Å²) in [7, 11) is 8.10. The van der Waals surface area contributed by atoms with Gasteiger partial charge in [0.1, 0.15) is 17.5 Å². The number of hydrogen-bond donors (Lipinski definition) is 2. The minimum atomic E-state index is -1.25. The molecule has 5 aromatic rings. The van der Waals surface area contributed by atoms with E-state index in [0.717, 1.165) is 50.2 Å². The topological polar surface area (TPSA) is 96.2 Å². The highest BCUT2D eigenvalue weighted by Crippen LogP contribution is 2.37. The van der Waals surface area contributed by atoms with E-state index in [9.17, 15) is 9.90 Å². The maximum absolute atomic E-state index is 11.2. The summed E-state index contributed by atoms with van der Waals surface area (Å²) in [5.41, 5.74) is 9.38. The molecule has 0 unspecified atom stereocenters. The van der Waals surface area contributed by atoms with Crippen molar-refractivity contribution >= 4 is 34.5 Å². The Labute approximate surface area is 233 Å². The van der Waals surface area contributed by atoms with Gasteiger partial charge in [-0.05, 0) is 47.0 Å². The lowest BCUT2D eigenvalue weighted by atomic mass is 9.97. The number of aromatic amines is 1.